The van der Waals surface area contributed by atoms with Crippen molar-refractivity contribution in [3.8, 4) is 11.5 Å². The molecule has 1 amide bonds. The Hall–Kier alpha value is -2.06. The van der Waals surface area contributed by atoms with Gasteiger partial charge in [0.15, 0.2) is 0 Å². The highest BCUT2D eigenvalue weighted by Crippen LogP contribution is 2.33. The van der Waals surface area contributed by atoms with Gasteiger partial charge in [-0.3, -0.25) is 14.5 Å². The van der Waals surface area contributed by atoms with Crippen LogP contribution in [0.4, 0.5) is 0 Å². The van der Waals surface area contributed by atoms with Gasteiger partial charge in [0.05, 0.1) is 4.91 Å². The van der Waals surface area contributed by atoms with Crippen LogP contribution in [0, 0.1) is 0 Å². The first-order chi connectivity index (χ1) is 10.4. The summed E-state index contributed by atoms with van der Waals surface area (Å²) in [4.78, 5) is 24.5. The molecule has 2 rings (SSSR count). The average Bonchev–Trinajstić information content (AvgIpc) is 2.64. The molecule has 0 saturated carbocycles. The lowest BCUT2D eigenvalue weighted by Gasteiger charge is -2.13. The highest BCUT2D eigenvalue weighted by atomic mass is 32.2. The highest BCUT2D eigenvalue weighted by molar-refractivity contribution is 8.26. The van der Waals surface area contributed by atoms with Crippen molar-refractivity contribution >= 4 is 46.3 Å². The van der Waals surface area contributed by atoms with Crippen molar-refractivity contribution in [2.75, 3.05) is 6.54 Å². The van der Waals surface area contributed by atoms with Crippen LogP contribution in [0.25, 0.3) is 6.08 Å². The maximum Gasteiger partial charge on any atom is 0.303 e. The van der Waals surface area contributed by atoms with Crippen molar-refractivity contribution in [1.82, 2.24) is 4.90 Å². The smallest absolute Gasteiger partial charge is 0.303 e. The second-order valence-corrected chi connectivity index (χ2v) is 6.29. The zero-order chi connectivity index (χ0) is 16.3. The lowest BCUT2D eigenvalue weighted by atomic mass is 10.2. The Balaban J connectivity index is 2.13. The third-order valence-electron chi connectivity index (χ3n) is 2.87. The number of hydrogen-bond donors (Lipinski definition) is 3. The number of hydrogen-bond acceptors (Lipinski definition) is 6. The molecule has 116 valence electrons. The molecule has 1 saturated heterocycles. The highest BCUT2D eigenvalue weighted by Gasteiger charge is 2.31. The van der Waals surface area contributed by atoms with E-state index in [1.807, 2.05) is 0 Å². The quantitative estimate of drug-likeness (QED) is 0.558. The zero-order valence-corrected chi connectivity index (χ0v) is 13.0. The number of rotatable bonds is 5. The number of carbonyl (C=O) groups is 2. The molecular weight excluding hydrogens is 326 g/mol. The molecule has 3 N–H and O–H groups in total. The predicted molar refractivity (Wildman–Crippen MR) is 86.5 cm³/mol. The summed E-state index contributed by atoms with van der Waals surface area (Å²) in [6.07, 6.45) is 1.81. The fraction of sp³-hybridized carbons (Fsp3) is 0.214. The summed E-state index contributed by atoms with van der Waals surface area (Å²) < 4.78 is 0.367. The number of carboxylic acid groups (broad SMARTS) is 1. The Kier molecular flexibility index (Phi) is 5.04. The third-order valence-corrected chi connectivity index (χ3v) is 4.25. The first-order valence-electron chi connectivity index (χ1n) is 6.37. The maximum absolute atomic E-state index is 12.2. The number of thiocarbonyl (C=S) groups is 1. The van der Waals surface area contributed by atoms with Gasteiger partial charge >= 0.3 is 5.97 Å². The first kappa shape index (κ1) is 16.3. The van der Waals surface area contributed by atoms with Crippen molar-refractivity contribution in [3.63, 3.8) is 0 Å². The standard InChI is InChI=1S/C14H13NO5S2/c16-9-4-8(5-10(17)7-9)6-11-13(20)15(14(21)22-11)3-1-2-12(18)19/h4-7,16-17H,1-3H2,(H,18,19)/b11-6-. The summed E-state index contributed by atoms with van der Waals surface area (Å²) in [6.45, 7) is 0.250. The van der Waals surface area contributed by atoms with Gasteiger partial charge in [-0.1, -0.05) is 24.0 Å². The van der Waals surface area contributed by atoms with E-state index in [0.29, 0.717) is 21.2 Å². The van der Waals surface area contributed by atoms with Gasteiger partial charge in [0, 0.05) is 19.0 Å². The SMILES string of the molecule is O=C(O)CCCN1C(=O)/C(=C/c2cc(O)cc(O)c2)SC1=S. The van der Waals surface area contributed by atoms with E-state index in [1.165, 1.54) is 29.2 Å². The number of nitrogens with zero attached hydrogens (tertiary/aromatic N) is 1. The third kappa shape index (κ3) is 3.99. The molecule has 1 aliphatic heterocycles. The largest absolute Gasteiger partial charge is 0.508 e. The number of amides is 1. The van der Waals surface area contributed by atoms with Gasteiger partial charge < -0.3 is 15.3 Å². The Morgan fingerprint density at radius 2 is 1.91 bits per heavy atom. The van der Waals surface area contributed by atoms with Crippen molar-refractivity contribution < 1.29 is 24.9 Å². The van der Waals surface area contributed by atoms with E-state index in [4.69, 9.17) is 17.3 Å². The van der Waals surface area contributed by atoms with E-state index >= 15 is 0 Å². The van der Waals surface area contributed by atoms with E-state index in [0.717, 1.165) is 11.8 Å². The summed E-state index contributed by atoms with van der Waals surface area (Å²) in [6, 6.07) is 4.02. The Morgan fingerprint density at radius 1 is 1.27 bits per heavy atom. The van der Waals surface area contributed by atoms with Crippen molar-refractivity contribution in [3.05, 3.63) is 28.7 Å². The fourth-order valence-electron chi connectivity index (χ4n) is 1.93. The van der Waals surface area contributed by atoms with E-state index in [2.05, 4.69) is 0 Å². The molecule has 0 unspecified atom stereocenters. The molecule has 0 radical (unpaired) electrons. The van der Waals surface area contributed by atoms with Crippen LogP contribution in [0.15, 0.2) is 23.1 Å². The van der Waals surface area contributed by atoms with E-state index in [1.54, 1.807) is 0 Å². The van der Waals surface area contributed by atoms with Gasteiger partial charge in [-0.15, -0.1) is 0 Å². The summed E-state index contributed by atoms with van der Waals surface area (Å²) in [5.74, 6) is -1.44. The van der Waals surface area contributed by atoms with Gasteiger partial charge in [0.25, 0.3) is 5.91 Å². The molecule has 0 aliphatic carbocycles. The van der Waals surface area contributed by atoms with Crippen LogP contribution in [0.5, 0.6) is 11.5 Å². The Labute approximate surface area is 136 Å². The molecule has 0 atom stereocenters. The minimum Gasteiger partial charge on any atom is -0.508 e. The summed E-state index contributed by atoms with van der Waals surface area (Å²) in [7, 11) is 0. The fourth-order valence-corrected chi connectivity index (χ4v) is 3.24. The Bertz CT molecular complexity index is 651. The number of carboxylic acids is 1. The molecule has 1 aromatic carbocycles. The van der Waals surface area contributed by atoms with Crippen LogP contribution in [0.3, 0.4) is 0 Å². The lowest BCUT2D eigenvalue weighted by Crippen LogP contribution is -2.29. The minimum atomic E-state index is -0.920. The second kappa shape index (κ2) is 6.80. The summed E-state index contributed by atoms with van der Waals surface area (Å²) >= 11 is 6.23. The summed E-state index contributed by atoms with van der Waals surface area (Å²) in [5.41, 5.74) is 0.475. The molecule has 1 heterocycles. The normalized spacial score (nSPS) is 16.5. The monoisotopic (exact) mass is 339 g/mol. The van der Waals surface area contributed by atoms with Gasteiger partial charge in [0.1, 0.15) is 15.8 Å². The summed E-state index contributed by atoms with van der Waals surface area (Å²) in [5, 5.41) is 27.5. The number of phenols is 2. The number of aliphatic carboxylic acids is 1. The van der Waals surface area contributed by atoms with Gasteiger partial charge in [-0.05, 0) is 30.2 Å². The van der Waals surface area contributed by atoms with Crippen molar-refractivity contribution in [2.45, 2.75) is 12.8 Å². The molecule has 22 heavy (non-hydrogen) atoms. The number of thioether (sulfide) groups is 1. The topological polar surface area (TPSA) is 98.1 Å². The number of aromatic hydroxyl groups is 2. The molecule has 1 fully saturated rings. The van der Waals surface area contributed by atoms with E-state index < -0.39 is 5.97 Å². The van der Waals surface area contributed by atoms with Crippen LogP contribution < -0.4 is 0 Å². The lowest BCUT2D eigenvalue weighted by molar-refractivity contribution is -0.137. The predicted octanol–water partition coefficient (Wildman–Crippen LogP) is 2.16. The number of phenolic OH excluding ortho intramolecular Hbond substituents is 2. The molecule has 1 aliphatic rings. The molecule has 0 aromatic heterocycles. The van der Waals surface area contributed by atoms with Crippen LogP contribution in [-0.2, 0) is 9.59 Å². The van der Waals surface area contributed by atoms with Gasteiger partial charge in [-0.2, -0.15) is 0 Å². The van der Waals surface area contributed by atoms with Crippen LogP contribution in [0.2, 0.25) is 0 Å². The molecule has 6 nitrogen and oxygen atoms in total. The van der Waals surface area contributed by atoms with E-state index in [-0.39, 0.29) is 30.4 Å². The molecule has 0 bridgehead atoms. The maximum atomic E-state index is 12.2. The van der Waals surface area contributed by atoms with Gasteiger partial charge in [-0.25, -0.2) is 0 Å². The van der Waals surface area contributed by atoms with Crippen LogP contribution in [0.1, 0.15) is 18.4 Å². The molecule has 1 aromatic rings. The molecule has 8 heteroatoms. The Morgan fingerprint density at radius 3 is 2.50 bits per heavy atom. The van der Waals surface area contributed by atoms with Gasteiger partial charge in [0.2, 0.25) is 0 Å². The molecule has 0 spiro atoms. The van der Waals surface area contributed by atoms with Crippen molar-refractivity contribution in [1.29, 1.82) is 0 Å². The number of benzene rings is 1. The zero-order valence-electron chi connectivity index (χ0n) is 11.4. The minimum absolute atomic E-state index is 0.0312. The number of carbonyl (C=O) groups excluding carboxylic acids is 1. The van der Waals surface area contributed by atoms with E-state index in [9.17, 15) is 19.8 Å². The average molecular weight is 339 g/mol. The second-order valence-electron chi connectivity index (χ2n) is 4.61. The van der Waals surface area contributed by atoms with Crippen LogP contribution >= 0.6 is 24.0 Å². The molecular formula is C14H13NO5S2. The van der Waals surface area contributed by atoms with Crippen molar-refractivity contribution in [2.24, 2.45) is 0 Å². The first-order valence-corrected chi connectivity index (χ1v) is 7.59. The van der Waals surface area contributed by atoms with Crippen LogP contribution in [-0.4, -0.2) is 43.0 Å².